The molecule has 2 aromatic carbocycles. The Morgan fingerprint density at radius 1 is 1.06 bits per heavy atom. The van der Waals surface area contributed by atoms with Crippen LogP contribution in [-0.2, 0) is 4.74 Å². The van der Waals surface area contributed by atoms with E-state index in [1.54, 1.807) is 0 Å². The van der Waals surface area contributed by atoms with Crippen LogP contribution in [0, 0.1) is 0 Å². The molecule has 0 saturated heterocycles. The van der Waals surface area contributed by atoms with Gasteiger partial charge in [0.15, 0.2) is 0 Å². The highest BCUT2D eigenvalue weighted by molar-refractivity contribution is 6.01. The zero-order valence-electron chi connectivity index (χ0n) is 19.6. The third-order valence-corrected chi connectivity index (χ3v) is 6.17. The SMILES string of the molecule is CCOC(=O)c1ccccc1C1=C2C=CC(C)(N(C)C)C=C2Oc2cc(N(C)C)ccc21. The van der Waals surface area contributed by atoms with Crippen LogP contribution in [0.25, 0.3) is 5.57 Å². The van der Waals surface area contributed by atoms with Crippen LogP contribution in [0.2, 0.25) is 0 Å². The van der Waals surface area contributed by atoms with E-state index < -0.39 is 0 Å². The third-order valence-electron chi connectivity index (χ3n) is 6.17. The van der Waals surface area contributed by atoms with Crippen LogP contribution in [0.4, 0.5) is 5.69 Å². The lowest BCUT2D eigenvalue weighted by Crippen LogP contribution is -2.39. The second-order valence-electron chi connectivity index (χ2n) is 8.69. The first kappa shape index (κ1) is 21.9. The van der Waals surface area contributed by atoms with Gasteiger partial charge in [-0.1, -0.05) is 30.4 Å². The second kappa shape index (κ2) is 8.32. The summed E-state index contributed by atoms with van der Waals surface area (Å²) in [5.41, 5.74) is 5.06. The molecular weight excluding hydrogens is 400 g/mol. The number of nitrogens with zero attached hydrogens (tertiary/aromatic N) is 2. The number of esters is 1. The molecule has 1 heterocycles. The molecule has 1 aliphatic carbocycles. The summed E-state index contributed by atoms with van der Waals surface area (Å²) in [6, 6.07) is 13.8. The van der Waals surface area contributed by atoms with Gasteiger partial charge in [-0.25, -0.2) is 4.79 Å². The molecule has 2 aliphatic rings. The van der Waals surface area contributed by atoms with Crippen LogP contribution in [0.5, 0.6) is 5.75 Å². The Kier molecular flexibility index (Phi) is 5.70. The quantitative estimate of drug-likeness (QED) is 0.632. The van der Waals surface area contributed by atoms with E-state index in [1.165, 1.54) is 0 Å². The monoisotopic (exact) mass is 430 g/mol. The zero-order valence-corrected chi connectivity index (χ0v) is 19.6. The van der Waals surface area contributed by atoms with Gasteiger partial charge in [0.1, 0.15) is 11.5 Å². The van der Waals surface area contributed by atoms with Crippen molar-refractivity contribution in [2.75, 3.05) is 39.7 Å². The maximum atomic E-state index is 12.8. The summed E-state index contributed by atoms with van der Waals surface area (Å²) < 4.78 is 11.8. The molecule has 0 saturated carbocycles. The summed E-state index contributed by atoms with van der Waals surface area (Å²) in [6.07, 6.45) is 6.41. The van der Waals surface area contributed by atoms with E-state index >= 15 is 0 Å². The minimum absolute atomic E-state index is 0.277. The Morgan fingerprint density at radius 2 is 1.81 bits per heavy atom. The zero-order chi connectivity index (χ0) is 23.0. The van der Waals surface area contributed by atoms with Crippen molar-refractivity contribution in [1.82, 2.24) is 4.90 Å². The van der Waals surface area contributed by atoms with Crippen LogP contribution in [0.1, 0.15) is 35.3 Å². The summed E-state index contributed by atoms with van der Waals surface area (Å²) in [7, 11) is 8.12. The van der Waals surface area contributed by atoms with Crippen molar-refractivity contribution in [3.8, 4) is 5.75 Å². The molecular formula is C27H30N2O3. The van der Waals surface area contributed by atoms with Crippen molar-refractivity contribution in [3.63, 3.8) is 0 Å². The average Bonchev–Trinajstić information content (AvgIpc) is 2.77. The van der Waals surface area contributed by atoms with Crippen molar-refractivity contribution in [3.05, 3.63) is 88.7 Å². The molecule has 0 N–H and O–H groups in total. The maximum absolute atomic E-state index is 12.8. The van der Waals surface area contributed by atoms with Crippen molar-refractivity contribution in [1.29, 1.82) is 0 Å². The van der Waals surface area contributed by atoms with E-state index in [-0.39, 0.29) is 11.5 Å². The van der Waals surface area contributed by atoms with Crippen molar-refractivity contribution >= 4 is 17.2 Å². The number of anilines is 1. The molecule has 0 spiro atoms. The fourth-order valence-electron chi connectivity index (χ4n) is 4.02. The Bertz CT molecular complexity index is 1160. The first-order valence-electron chi connectivity index (χ1n) is 10.9. The van der Waals surface area contributed by atoms with Gasteiger partial charge < -0.3 is 14.4 Å². The number of hydrogen-bond acceptors (Lipinski definition) is 5. The molecule has 0 fully saturated rings. The molecule has 1 aliphatic heterocycles. The predicted octanol–water partition coefficient (Wildman–Crippen LogP) is 4.90. The van der Waals surface area contributed by atoms with Gasteiger partial charge >= 0.3 is 5.97 Å². The molecule has 166 valence electrons. The Hall–Kier alpha value is -3.31. The number of carbonyl (C=O) groups is 1. The van der Waals surface area contributed by atoms with E-state index in [9.17, 15) is 4.79 Å². The molecule has 0 amide bonds. The number of allylic oxidation sites excluding steroid dienone is 1. The molecule has 0 bridgehead atoms. The first-order valence-corrected chi connectivity index (χ1v) is 10.9. The normalized spacial score (nSPS) is 19.2. The standard InChI is InChI=1S/C27H30N2O3/c1-7-31-26(30)20-11-9-8-10-19(20)25-21-13-12-18(28(3)4)16-23(21)32-24-17-27(2,29(5)6)15-14-22(24)25/h8-17H,7H2,1-6H3. The second-order valence-corrected chi connectivity index (χ2v) is 8.69. The van der Waals surface area contributed by atoms with Crippen molar-refractivity contribution < 1.29 is 14.3 Å². The van der Waals surface area contributed by atoms with Crippen LogP contribution in [0.15, 0.2) is 72.0 Å². The van der Waals surface area contributed by atoms with Gasteiger partial charge in [-0.15, -0.1) is 0 Å². The number of rotatable bonds is 5. The highest BCUT2D eigenvalue weighted by atomic mass is 16.5. The summed E-state index contributed by atoms with van der Waals surface area (Å²) in [5, 5.41) is 0. The van der Waals surface area contributed by atoms with Crippen molar-refractivity contribution in [2.24, 2.45) is 0 Å². The largest absolute Gasteiger partial charge is 0.462 e. The fraction of sp³-hybridized carbons (Fsp3) is 0.296. The molecule has 4 rings (SSSR count). The van der Waals surface area contributed by atoms with Gasteiger partial charge in [0.25, 0.3) is 0 Å². The molecule has 5 nitrogen and oxygen atoms in total. The maximum Gasteiger partial charge on any atom is 0.338 e. The molecule has 5 heteroatoms. The Labute approximate surface area is 190 Å². The lowest BCUT2D eigenvalue weighted by Gasteiger charge is -2.36. The smallest absolute Gasteiger partial charge is 0.338 e. The van der Waals surface area contributed by atoms with Crippen LogP contribution in [0.3, 0.4) is 0 Å². The predicted molar refractivity (Wildman–Crippen MR) is 129 cm³/mol. The Morgan fingerprint density at radius 3 is 2.50 bits per heavy atom. The van der Waals surface area contributed by atoms with E-state index in [2.05, 4.69) is 42.2 Å². The van der Waals surface area contributed by atoms with Crippen molar-refractivity contribution in [2.45, 2.75) is 19.4 Å². The van der Waals surface area contributed by atoms with Gasteiger partial charge in [0, 0.05) is 42.6 Å². The number of carbonyl (C=O) groups excluding carboxylic acids is 1. The average molecular weight is 431 g/mol. The minimum atomic E-state index is -0.322. The van der Waals surface area contributed by atoms with Gasteiger partial charge in [-0.2, -0.15) is 0 Å². The lowest BCUT2D eigenvalue weighted by atomic mass is 9.82. The van der Waals surface area contributed by atoms with Crippen LogP contribution >= 0.6 is 0 Å². The number of likely N-dealkylation sites (N-methyl/N-ethyl adjacent to an activating group) is 1. The van der Waals surface area contributed by atoms with E-state index in [1.807, 2.05) is 70.3 Å². The summed E-state index contributed by atoms with van der Waals surface area (Å²) >= 11 is 0. The summed E-state index contributed by atoms with van der Waals surface area (Å²) in [4.78, 5) is 17.0. The summed E-state index contributed by atoms with van der Waals surface area (Å²) in [6.45, 7) is 4.30. The van der Waals surface area contributed by atoms with E-state index in [4.69, 9.17) is 9.47 Å². The minimum Gasteiger partial charge on any atom is -0.462 e. The number of fused-ring (bicyclic) bond motifs is 2. The fourth-order valence-corrected chi connectivity index (χ4v) is 4.02. The highest BCUT2D eigenvalue weighted by Gasteiger charge is 2.33. The van der Waals surface area contributed by atoms with Gasteiger partial charge in [-0.05, 0) is 57.8 Å². The molecule has 32 heavy (non-hydrogen) atoms. The van der Waals surface area contributed by atoms with Crippen LogP contribution in [-0.4, -0.2) is 51.2 Å². The van der Waals surface area contributed by atoms with E-state index in [0.717, 1.165) is 39.5 Å². The molecule has 2 aromatic rings. The molecule has 1 unspecified atom stereocenters. The number of benzene rings is 2. The highest BCUT2D eigenvalue weighted by Crippen LogP contribution is 2.46. The third kappa shape index (κ3) is 3.73. The van der Waals surface area contributed by atoms with Crippen LogP contribution < -0.4 is 9.64 Å². The Balaban J connectivity index is 1.99. The first-order chi connectivity index (χ1) is 15.2. The number of hydrogen-bond donors (Lipinski definition) is 0. The molecule has 1 atom stereocenters. The van der Waals surface area contributed by atoms with Gasteiger partial charge in [0.2, 0.25) is 0 Å². The van der Waals surface area contributed by atoms with Gasteiger partial charge in [-0.3, -0.25) is 4.90 Å². The van der Waals surface area contributed by atoms with E-state index in [0.29, 0.717) is 12.2 Å². The van der Waals surface area contributed by atoms with Gasteiger partial charge in [0.05, 0.1) is 17.7 Å². The number of ether oxygens (including phenoxy) is 2. The lowest BCUT2D eigenvalue weighted by molar-refractivity contribution is 0.0526. The topological polar surface area (TPSA) is 42.0 Å². The molecule has 0 radical (unpaired) electrons. The summed E-state index contributed by atoms with van der Waals surface area (Å²) in [5.74, 6) is 1.25. The molecule has 0 aromatic heterocycles.